The van der Waals surface area contributed by atoms with Gasteiger partial charge in [0.15, 0.2) is 0 Å². The molecule has 1 aliphatic heterocycles. The Bertz CT molecular complexity index is 487. The number of nitrogens with zero attached hydrogens (tertiary/aromatic N) is 2. The molecule has 1 aliphatic rings. The van der Waals surface area contributed by atoms with E-state index in [9.17, 15) is 9.59 Å². The van der Waals surface area contributed by atoms with E-state index in [0.29, 0.717) is 37.5 Å². The lowest BCUT2D eigenvalue weighted by Crippen LogP contribution is -2.50. The second-order valence-corrected chi connectivity index (χ2v) is 4.86. The van der Waals surface area contributed by atoms with Crippen molar-refractivity contribution in [3.63, 3.8) is 0 Å². The van der Waals surface area contributed by atoms with Crippen LogP contribution in [0.2, 0.25) is 0 Å². The minimum absolute atomic E-state index is 0.00641. The molecule has 1 aromatic heterocycles. The minimum Gasteiger partial charge on any atom is -0.466 e. The van der Waals surface area contributed by atoms with Gasteiger partial charge in [-0.3, -0.25) is 14.5 Å². The summed E-state index contributed by atoms with van der Waals surface area (Å²) in [5.41, 5.74) is 5.78. The SMILES string of the molecule is Cc1cc(C(=O)N2CCN(CC(N)=O)CC2)c(C)o1. The first-order valence-corrected chi connectivity index (χ1v) is 6.34. The molecule has 6 heteroatoms. The highest BCUT2D eigenvalue weighted by Gasteiger charge is 2.25. The van der Waals surface area contributed by atoms with E-state index in [1.165, 1.54) is 0 Å². The Morgan fingerprint density at radius 1 is 1.26 bits per heavy atom. The highest BCUT2D eigenvalue weighted by atomic mass is 16.3. The summed E-state index contributed by atoms with van der Waals surface area (Å²) in [6, 6.07) is 1.77. The molecule has 1 saturated heterocycles. The average molecular weight is 265 g/mol. The predicted octanol–water partition coefficient (Wildman–Crippen LogP) is 0.140. The normalized spacial score (nSPS) is 16.6. The molecule has 0 bridgehead atoms. The summed E-state index contributed by atoms with van der Waals surface area (Å²) in [4.78, 5) is 26.9. The first kappa shape index (κ1) is 13.6. The smallest absolute Gasteiger partial charge is 0.257 e. The Hall–Kier alpha value is -1.82. The second-order valence-electron chi connectivity index (χ2n) is 4.86. The van der Waals surface area contributed by atoms with Crippen LogP contribution in [0.5, 0.6) is 0 Å². The minimum atomic E-state index is -0.332. The zero-order chi connectivity index (χ0) is 14.0. The van der Waals surface area contributed by atoms with Crippen molar-refractivity contribution in [2.45, 2.75) is 13.8 Å². The van der Waals surface area contributed by atoms with Crippen LogP contribution in [-0.4, -0.2) is 54.3 Å². The number of furan rings is 1. The Morgan fingerprint density at radius 2 is 1.89 bits per heavy atom. The molecule has 0 spiro atoms. The van der Waals surface area contributed by atoms with E-state index in [-0.39, 0.29) is 18.4 Å². The van der Waals surface area contributed by atoms with E-state index < -0.39 is 0 Å². The summed E-state index contributed by atoms with van der Waals surface area (Å²) in [5.74, 6) is 1.06. The standard InChI is InChI=1S/C13H19N3O3/c1-9-7-11(10(2)19-9)13(18)16-5-3-15(4-6-16)8-12(14)17/h7H,3-6,8H2,1-2H3,(H2,14,17). The van der Waals surface area contributed by atoms with Crippen molar-refractivity contribution < 1.29 is 14.0 Å². The third-order valence-electron chi connectivity index (χ3n) is 3.31. The molecular formula is C13H19N3O3. The molecule has 2 rings (SSSR count). The quantitative estimate of drug-likeness (QED) is 0.843. The van der Waals surface area contributed by atoms with Gasteiger partial charge in [0, 0.05) is 26.2 Å². The first-order chi connectivity index (χ1) is 8.97. The average Bonchev–Trinajstić information content (AvgIpc) is 2.68. The molecule has 0 aromatic carbocycles. The number of piperazine rings is 1. The molecule has 19 heavy (non-hydrogen) atoms. The van der Waals surface area contributed by atoms with Crippen LogP contribution in [0.15, 0.2) is 10.5 Å². The Kier molecular flexibility index (Phi) is 3.90. The van der Waals surface area contributed by atoms with Crippen LogP contribution in [0.4, 0.5) is 0 Å². The lowest BCUT2D eigenvalue weighted by Gasteiger charge is -2.33. The van der Waals surface area contributed by atoms with Gasteiger partial charge in [-0.2, -0.15) is 0 Å². The van der Waals surface area contributed by atoms with Crippen LogP contribution < -0.4 is 5.73 Å². The van der Waals surface area contributed by atoms with Crippen molar-refractivity contribution >= 4 is 11.8 Å². The van der Waals surface area contributed by atoms with E-state index in [1.807, 2.05) is 11.8 Å². The van der Waals surface area contributed by atoms with Crippen LogP contribution in [0.25, 0.3) is 0 Å². The summed E-state index contributed by atoms with van der Waals surface area (Å²) in [6.07, 6.45) is 0. The maximum absolute atomic E-state index is 12.3. The van der Waals surface area contributed by atoms with Gasteiger partial charge in [-0.1, -0.05) is 0 Å². The topological polar surface area (TPSA) is 79.8 Å². The zero-order valence-electron chi connectivity index (χ0n) is 11.3. The van der Waals surface area contributed by atoms with E-state index in [0.717, 1.165) is 5.76 Å². The van der Waals surface area contributed by atoms with Crippen LogP contribution in [0.1, 0.15) is 21.9 Å². The Morgan fingerprint density at radius 3 is 2.37 bits per heavy atom. The molecule has 1 fully saturated rings. The molecule has 2 amide bonds. The van der Waals surface area contributed by atoms with Gasteiger partial charge in [-0.25, -0.2) is 0 Å². The van der Waals surface area contributed by atoms with Gasteiger partial charge in [0.2, 0.25) is 5.91 Å². The fraction of sp³-hybridized carbons (Fsp3) is 0.538. The Labute approximate surface area is 112 Å². The maximum Gasteiger partial charge on any atom is 0.257 e. The summed E-state index contributed by atoms with van der Waals surface area (Å²) < 4.78 is 5.38. The predicted molar refractivity (Wildman–Crippen MR) is 69.7 cm³/mol. The van der Waals surface area contributed by atoms with Gasteiger partial charge in [-0.15, -0.1) is 0 Å². The summed E-state index contributed by atoms with van der Waals surface area (Å²) >= 11 is 0. The zero-order valence-corrected chi connectivity index (χ0v) is 11.3. The molecule has 0 unspecified atom stereocenters. The lowest BCUT2D eigenvalue weighted by molar-refractivity contribution is -0.119. The van der Waals surface area contributed by atoms with Crippen molar-refractivity contribution in [2.24, 2.45) is 5.73 Å². The van der Waals surface area contributed by atoms with E-state index in [1.54, 1.807) is 17.9 Å². The van der Waals surface area contributed by atoms with Crippen molar-refractivity contribution in [3.05, 3.63) is 23.2 Å². The van der Waals surface area contributed by atoms with Crippen LogP contribution >= 0.6 is 0 Å². The highest BCUT2D eigenvalue weighted by molar-refractivity contribution is 5.95. The highest BCUT2D eigenvalue weighted by Crippen LogP contribution is 2.17. The number of hydrogen-bond acceptors (Lipinski definition) is 4. The molecule has 1 aromatic rings. The third kappa shape index (κ3) is 3.14. The number of primary amides is 1. The molecular weight excluding hydrogens is 246 g/mol. The van der Waals surface area contributed by atoms with E-state index >= 15 is 0 Å². The van der Waals surface area contributed by atoms with Crippen LogP contribution in [-0.2, 0) is 4.79 Å². The Balaban J connectivity index is 1.96. The maximum atomic E-state index is 12.3. The van der Waals surface area contributed by atoms with Gasteiger partial charge in [-0.05, 0) is 19.9 Å². The van der Waals surface area contributed by atoms with Crippen LogP contribution in [0.3, 0.4) is 0 Å². The lowest BCUT2D eigenvalue weighted by atomic mass is 10.2. The van der Waals surface area contributed by atoms with Gasteiger partial charge in [0.05, 0.1) is 12.1 Å². The number of carbonyl (C=O) groups is 2. The molecule has 6 nitrogen and oxygen atoms in total. The van der Waals surface area contributed by atoms with Gasteiger partial charge >= 0.3 is 0 Å². The second kappa shape index (κ2) is 5.44. The van der Waals surface area contributed by atoms with E-state index in [2.05, 4.69) is 0 Å². The van der Waals surface area contributed by atoms with E-state index in [4.69, 9.17) is 10.2 Å². The third-order valence-corrected chi connectivity index (χ3v) is 3.31. The molecule has 0 aliphatic carbocycles. The molecule has 2 heterocycles. The summed E-state index contributed by atoms with van der Waals surface area (Å²) in [7, 11) is 0. The summed E-state index contributed by atoms with van der Waals surface area (Å²) in [5, 5.41) is 0. The summed E-state index contributed by atoms with van der Waals surface area (Å²) in [6.45, 7) is 6.44. The largest absolute Gasteiger partial charge is 0.466 e. The molecule has 0 saturated carbocycles. The number of hydrogen-bond donors (Lipinski definition) is 1. The van der Waals surface area contributed by atoms with Gasteiger partial charge in [0.1, 0.15) is 11.5 Å². The van der Waals surface area contributed by atoms with Gasteiger partial charge in [0.25, 0.3) is 5.91 Å². The van der Waals surface area contributed by atoms with Crippen LogP contribution in [0, 0.1) is 13.8 Å². The number of aryl methyl sites for hydroxylation is 2. The molecule has 0 radical (unpaired) electrons. The fourth-order valence-electron chi connectivity index (χ4n) is 2.34. The van der Waals surface area contributed by atoms with Crippen molar-refractivity contribution in [1.82, 2.24) is 9.80 Å². The number of nitrogens with two attached hydrogens (primary N) is 1. The van der Waals surface area contributed by atoms with Crippen molar-refractivity contribution in [2.75, 3.05) is 32.7 Å². The number of rotatable bonds is 3. The number of carbonyl (C=O) groups excluding carboxylic acids is 2. The number of amides is 2. The fourth-order valence-corrected chi connectivity index (χ4v) is 2.34. The molecule has 0 atom stereocenters. The van der Waals surface area contributed by atoms with Crippen molar-refractivity contribution in [1.29, 1.82) is 0 Å². The molecule has 104 valence electrons. The molecule has 2 N–H and O–H groups in total. The van der Waals surface area contributed by atoms with Gasteiger partial charge < -0.3 is 15.1 Å². The first-order valence-electron chi connectivity index (χ1n) is 6.34. The monoisotopic (exact) mass is 265 g/mol. The van der Waals surface area contributed by atoms with Crippen molar-refractivity contribution in [3.8, 4) is 0 Å².